The number of hydrogen-bond acceptors (Lipinski definition) is 2. The summed E-state index contributed by atoms with van der Waals surface area (Å²) in [5.41, 5.74) is -2.96. The van der Waals surface area contributed by atoms with Crippen molar-refractivity contribution in [3.63, 3.8) is 0 Å². The lowest BCUT2D eigenvalue weighted by molar-refractivity contribution is -0.143. The summed E-state index contributed by atoms with van der Waals surface area (Å²) in [7, 11) is 0. The van der Waals surface area contributed by atoms with E-state index < -0.39 is 23.5 Å². The Morgan fingerprint density at radius 3 is 1.89 bits per heavy atom. The van der Waals surface area contributed by atoms with Gasteiger partial charge in [0.25, 0.3) is 0 Å². The summed E-state index contributed by atoms with van der Waals surface area (Å²) in [6.45, 7) is 0.394. The molecular formula is C19H13F6NO. The largest absolute Gasteiger partial charge is 0.493 e. The number of ether oxygens (including phenoxy) is 1. The highest BCUT2D eigenvalue weighted by Crippen LogP contribution is 2.39. The first kappa shape index (κ1) is 19.1. The monoisotopic (exact) mass is 385 g/mol. The second kappa shape index (κ2) is 6.80. The second-order valence-electron chi connectivity index (χ2n) is 6.41. The third-order valence-electron chi connectivity index (χ3n) is 4.14. The molecule has 0 saturated heterocycles. The lowest BCUT2D eigenvalue weighted by Gasteiger charge is -2.15. The van der Waals surface area contributed by atoms with Crippen LogP contribution < -0.4 is 4.74 Å². The number of hydrogen-bond donors (Lipinski definition) is 0. The summed E-state index contributed by atoms with van der Waals surface area (Å²) >= 11 is 0. The minimum absolute atomic E-state index is 0.0523. The molecule has 0 N–H and O–H groups in total. The van der Waals surface area contributed by atoms with Gasteiger partial charge >= 0.3 is 12.4 Å². The van der Waals surface area contributed by atoms with E-state index in [2.05, 4.69) is 0 Å². The van der Waals surface area contributed by atoms with Crippen molar-refractivity contribution in [3.8, 4) is 22.9 Å². The number of rotatable bonds is 4. The fraction of sp³-hybridized carbons (Fsp3) is 0.316. The van der Waals surface area contributed by atoms with E-state index in [1.165, 1.54) is 18.2 Å². The van der Waals surface area contributed by atoms with Crippen LogP contribution in [0.15, 0.2) is 36.4 Å². The third kappa shape index (κ3) is 4.73. The lowest BCUT2D eigenvalue weighted by atomic mass is 9.97. The SMILES string of the molecule is N#Cc1cc(OCC2CC2)cc(-c2cc(C(F)(F)F)cc(C(F)(F)F)c2)c1. The van der Waals surface area contributed by atoms with Crippen LogP contribution in [0.1, 0.15) is 29.5 Å². The number of benzene rings is 2. The van der Waals surface area contributed by atoms with E-state index in [0.29, 0.717) is 24.7 Å². The first-order valence-electron chi connectivity index (χ1n) is 8.04. The van der Waals surface area contributed by atoms with Crippen LogP contribution >= 0.6 is 0 Å². The number of halogens is 6. The van der Waals surface area contributed by atoms with Crippen molar-refractivity contribution in [1.29, 1.82) is 5.26 Å². The maximum absolute atomic E-state index is 13.0. The van der Waals surface area contributed by atoms with Crippen molar-refractivity contribution < 1.29 is 31.1 Å². The molecular weight excluding hydrogens is 372 g/mol. The van der Waals surface area contributed by atoms with E-state index in [9.17, 15) is 26.3 Å². The van der Waals surface area contributed by atoms with E-state index in [4.69, 9.17) is 10.00 Å². The summed E-state index contributed by atoms with van der Waals surface area (Å²) in [5.74, 6) is 0.631. The number of nitriles is 1. The molecule has 0 amide bonds. The van der Waals surface area contributed by atoms with Gasteiger partial charge in [0.05, 0.1) is 29.4 Å². The molecule has 0 spiro atoms. The molecule has 1 aliphatic carbocycles. The van der Waals surface area contributed by atoms with Gasteiger partial charge in [-0.1, -0.05) is 0 Å². The molecule has 0 aromatic heterocycles. The van der Waals surface area contributed by atoms with Crippen LogP contribution in [0, 0.1) is 17.2 Å². The maximum Gasteiger partial charge on any atom is 0.416 e. The summed E-state index contributed by atoms with van der Waals surface area (Å²) in [4.78, 5) is 0. The zero-order valence-electron chi connectivity index (χ0n) is 13.8. The van der Waals surface area contributed by atoms with Gasteiger partial charge in [0.2, 0.25) is 0 Å². The number of nitrogens with zero attached hydrogens (tertiary/aromatic N) is 1. The Morgan fingerprint density at radius 1 is 0.852 bits per heavy atom. The average Bonchev–Trinajstić information content (AvgIpc) is 3.42. The minimum Gasteiger partial charge on any atom is -0.493 e. The first-order chi connectivity index (χ1) is 12.6. The van der Waals surface area contributed by atoms with E-state index in [0.717, 1.165) is 12.8 Å². The Kier molecular flexibility index (Phi) is 4.81. The Balaban J connectivity index is 2.08. The highest BCUT2D eigenvalue weighted by molar-refractivity contribution is 5.69. The van der Waals surface area contributed by atoms with Gasteiger partial charge in [0, 0.05) is 0 Å². The molecule has 0 heterocycles. The average molecular weight is 385 g/mol. The molecule has 27 heavy (non-hydrogen) atoms. The van der Waals surface area contributed by atoms with E-state index in [1.807, 2.05) is 6.07 Å². The van der Waals surface area contributed by atoms with E-state index >= 15 is 0 Å². The Hall–Kier alpha value is -2.69. The molecule has 2 aromatic rings. The molecule has 142 valence electrons. The molecule has 1 aliphatic rings. The smallest absolute Gasteiger partial charge is 0.416 e. The lowest BCUT2D eigenvalue weighted by Crippen LogP contribution is -2.11. The van der Waals surface area contributed by atoms with Crippen molar-refractivity contribution in [2.75, 3.05) is 6.61 Å². The van der Waals surface area contributed by atoms with E-state index in [1.54, 1.807) is 0 Å². The van der Waals surface area contributed by atoms with Gasteiger partial charge in [-0.2, -0.15) is 31.6 Å². The van der Waals surface area contributed by atoms with Crippen LogP contribution in [0.3, 0.4) is 0 Å². The molecule has 3 rings (SSSR count). The van der Waals surface area contributed by atoms with Gasteiger partial charge in [-0.3, -0.25) is 0 Å². The molecule has 0 radical (unpaired) electrons. The topological polar surface area (TPSA) is 33.0 Å². The Morgan fingerprint density at radius 2 is 1.41 bits per heavy atom. The van der Waals surface area contributed by atoms with Gasteiger partial charge in [0.15, 0.2) is 0 Å². The molecule has 1 saturated carbocycles. The van der Waals surface area contributed by atoms with Gasteiger partial charge in [-0.25, -0.2) is 0 Å². The zero-order chi connectivity index (χ0) is 19.8. The zero-order valence-corrected chi connectivity index (χ0v) is 13.8. The van der Waals surface area contributed by atoms with Crippen LogP contribution in [-0.2, 0) is 12.4 Å². The number of alkyl halides is 6. The molecule has 2 aromatic carbocycles. The Labute approximate surface area is 151 Å². The van der Waals surface area contributed by atoms with Crippen LogP contribution in [0.25, 0.3) is 11.1 Å². The van der Waals surface area contributed by atoms with Crippen molar-refractivity contribution in [2.45, 2.75) is 25.2 Å². The molecule has 0 unspecified atom stereocenters. The summed E-state index contributed by atoms with van der Waals surface area (Å²) in [6.07, 6.45) is -7.86. The summed E-state index contributed by atoms with van der Waals surface area (Å²) in [5, 5.41) is 9.13. The predicted octanol–water partition coefficient (Wildman–Crippen LogP) is 6.05. The first-order valence-corrected chi connectivity index (χ1v) is 8.04. The van der Waals surface area contributed by atoms with Crippen molar-refractivity contribution in [1.82, 2.24) is 0 Å². The summed E-state index contributed by atoms with van der Waals surface area (Å²) in [6, 6.07) is 7.18. The molecule has 0 bridgehead atoms. The quantitative estimate of drug-likeness (QED) is 0.600. The van der Waals surface area contributed by atoms with E-state index in [-0.39, 0.29) is 28.5 Å². The molecule has 2 nitrogen and oxygen atoms in total. The van der Waals surface area contributed by atoms with Crippen LogP contribution in [0.5, 0.6) is 5.75 Å². The van der Waals surface area contributed by atoms with Crippen molar-refractivity contribution >= 4 is 0 Å². The standard InChI is InChI=1S/C19H13F6NO/c20-18(21,22)15-5-14(6-16(8-15)19(23,24)25)13-3-12(9-26)4-17(7-13)27-10-11-1-2-11/h3-8,11H,1-2,10H2. The molecule has 0 aliphatic heterocycles. The molecule has 8 heteroatoms. The van der Waals surface area contributed by atoms with Crippen molar-refractivity contribution in [3.05, 3.63) is 53.1 Å². The van der Waals surface area contributed by atoms with Gasteiger partial charge in [-0.15, -0.1) is 0 Å². The molecule has 0 atom stereocenters. The fourth-order valence-electron chi connectivity index (χ4n) is 2.53. The normalized spacial score (nSPS) is 14.7. The Bertz CT molecular complexity index is 858. The maximum atomic E-state index is 13.0. The highest BCUT2D eigenvalue weighted by atomic mass is 19.4. The van der Waals surface area contributed by atoms with Gasteiger partial charge < -0.3 is 4.74 Å². The highest BCUT2D eigenvalue weighted by Gasteiger charge is 2.37. The fourth-order valence-corrected chi connectivity index (χ4v) is 2.53. The molecule has 1 fully saturated rings. The van der Waals surface area contributed by atoms with Gasteiger partial charge in [-0.05, 0) is 66.3 Å². The third-order valence-corrected chi connectivity index (χ3v) is 4.14. The second-order valence-corrected chi connectivity index (χ2v) is 6.41. The summed E-state index contributed by atoms with van der Waals surface area (Å²) < 4.78 is 83.8. The predicted molar refractivity (Wildman–Crippen MR) is 84.8 cm³/mol. The van der Waals surface area contributed by atoms with Gasteiger partial charge in [0.1, 0.15) is 5.75 Å². The van der Waals surface area contributed by atoms with Crippen LogP contribution in [0.4, 0.5) is 26.3 Å². The minimum atomic E-state index is -4.94. The van der Waals surface area contributed by atoms with Crippen molar-refractivity contribution in [2.24, 2.45) is 5.92 Å². The van der Waals surface area contributed by atoms with Crippen LogP contribution in [0.2, 0.25) is 0 Å². The van der Waals surface area contributed by atoms with Crippen LogP contribution in [-0.4, -0.2) is 6.61 Å².